The first-order valence-corrected chi connectivity index (χ1v) is 10.8. The second kappa shape index (κ2) is 9.82. The van der Waals surface area contributed by atoms with Gasteiger partial charge >= 0.3 is 0 Å². The van der Waals surface area contributed by atoms with Crippen LogP contribution in [0, 0.1) is 0 Å². The number of amides is 1. The summed E-state index contributed by atoms with van der Waals surface area (Å²) in [5, 5.41) is 3.96. The lowest BCUT2D eigenvalue weighted by Crippen LogP contribution is -2.40. The molecule has 1 heterocycles. The zero-order valence-electron chi connectivity index (χ0n) is 18.1. The molecular formula is C23H28N4O2S. The molecule has 0 unspecified atom stereocenters. The standard InChI is InChI=1S/C23H28N4O2S/c1-6-26(7-2)19-14-13-17(20(16-19)29-5)15-21-22(28)27(25(3)4)23(30-21)24-18-11-9-8-10-12-18/h8-16H,6-7H2,1-5H3/b21-15-,24-23?. The van der Waals surface area contributed by atoms with Crippen LogP contribution in [0.25, 0.3) is 6.08 Å². The Bertz CT molecular complexity index is 953. The summed E-state index contributed by atoms with van der Waals surface area (Å²) in [6, 6.07) is 15.7. The first-order valence-electron chi connectivity index (χ1n) is 9.96. The number of anilines is 1. The van der Waals surface area contributed by atoms with Crippen molar-refractivity contribution in [1.29, 1.82) is 0 Å². The number of methoxy groups -OCH3 is 1. The lowest BCUT2D eigenvalue weighted by molar-refractivity contribution is -0.130. The summed E-state index contributed by atoms with van der Waals surface area (Å²) in [5.41, 5.74) is 2.77. The van der Waals surface area contributed by atoms with Gasteiger partial charge in [-0.3, -0.25) is 4.79 Å². The highest BCUT2D eigenvalue weighted by Gasteiger charge is 2.35. The first-order chi connectivity index (χ1) is 14.5. The summed E-state index contributed by atoms with van der Waals surface area (Å²) >= 11 is 1.36. The predicted molar refractivity (Wildman–Crippen MR) is 126 cm³/mol. The molecule has 0 aromatic heterocycles. The van der Waals surface area contributed by atoms with Crippen molar-refractivity contribution < 1.29 is 9.53 Å². The highest BCUT2D eigenvalue weighted by Crippen LogP contribution is 2.36. The van der Waals surface area contributed by atoms with Gasteiger partial charge in [-0.2, -0.15) is 0 Å². The zero-order chi connectivity index (χ0) is 21.7. The number of carbonyl (C=O) groups is 1. The van der Waals surface area contributed by atoms with Crippen LogP contribution in [0.15, 0.2) is 58.4 Å². The van der Waals surface area contributed by atoms with E-state index in [0.717, 1.165) is 35.8 Å². The van der Waals surface area contributed by atoms with Crippen LogP contribution >= 0.6 is 11.8 Å². The number of carbonyl (C=O) groups excluding carboxylic acids is 1. The highest BCUT2D eigenvalue weighted by atomic mass is 32.2. The summed E-state index contributed by atoms with van der Waals surface area (Å²) in [6.45, 7) is 6.10. The minimum absolute atomic E-state index is 0.102. The molecule has 158 valence electrons. The molecule has 6 nitrogen and oxygen atoms in total. The number of amidine groups is 1. The van der Waals surface area contributed by atoms with Gasteiger partial charge in [-0.05, 0) is 56.0 Å². The molecule has 0 atom stereocenters. The van der Waals surface area contributed by atoms with Gasteiger partial charge in [-0.1, -0.05) is 18.2 Å². The van der Waals surface area contributed by atoms with Gasteiger partial charge in [0.2, 0.25) is 0 Å². The number of aliphatic imine (C=N–C) groups is 1. The van der Waals surface area contributed by atoms with E-state index in [2.05, 4.69) is 29.8 Å². The zero-order valence-corrected chi connectivity index (χ0v) is 18.9. The van der Waals surface area contributed by atoms with Gasteiger partial charge in [0.15, 0.2) is 5.17 Å². The van der Waals surface area contributed by atoms with Crippen LogP contribution in [0.5, 0.6) is 5.75 Å². The molecule has 1 fully saturated rings. The average Bonchev–Trinajstić information content (AvgIpc) is 3.05. The molecule has 1 aliphatic rings. The summed E-state index contributed by atoms with van der Waals surface area (Å²) in [7, 11) is 5.32. The van der Waals surface area contributed by atoms with Crippen molar-refractivity contribution in [2.24, 2.45) is 4.99 Å². The molecule has 1 aliphatic heterocycles. The van der Waals surface area contributed by atoms with Gasteiger partial charge in [-0.15, -0.1) is 0 Å². The third-order valence-electron chi connectivity index (χ3n) is 4.80. The molecule has 1 saturated heterocycles. The fraction of sp³-hybridized carbons (Fsp3) is 0.304. The van der Waals surface area contributed by atoms with Crippen molar-refractivity contribution in [3.05, 3.63) is 59.0 Å². The Morgan fingerprint density at radius 2 is 1.80 bits per heavy atom. The molecule has 0 N–H and O–H groups in total. The number of ether oxygens (including phenoxy) is 1. The van der Waals surface area contributed by atoms with E-state index in [1.165, 1.54) is 11.8 Å². The van der Waals surface area contributed by atoms with E-state index in [0.29, 0.717) is 10.1 Å². The largest absolute Gasteiger partial charge is 0.496 e. The number of hydrogen-bond acceptors (Lipinski definition) is 6. The smallest absolute Gasteiger partial charge is 0.281 e. The molecule has 0 saturated carbocycles. The highest BCUT2D eigenvalue weighted by molar-refractivity contribution is 8.18. The number of hydrazine groups is 1. The molecule has 2 aromatic carbocycles. The van der Waals surface area contributed by atoms with Crippen molar-refractivity contribution in [2.45, 2.75) is 13.8 Å². The van der Waals surface area contributed by atoms with E-state index in [4.69, 9.17) is 4.74 Å². The maximum absolute atomic E-state index is 13.1. The van der Waals surface area contributed by atoms with Crippen molar-refractivity contribution in [2.75, 3.05) is 39.2 Å². The van der Waals surface area contributed by atoms with Gasteiger partial charge < -0.3 is 9.64 Å². The van der Waals surface area contributed by atoms with E-state index in [1.807, 2.05) is 62.6 Å². The van der Waals surface area contributed by atoms with E-state index in [-0.39, 0.29) is 5.91 Å². The lowest BCUT2D eigenvalue weighted by atomic mass is 10.1. The van der Waals surface area contributed by atoms with Crippen LogP contribution in [0.3, 0.4) is 0 Å². The van der Waals surface area contributed by atoms with Gasteiger partial charge in [0, 0.05) is 44.5 Å². The molecule has 0 aliphatic carbocycles. The summed E-state index contributed by atoms with van der Waals surface area (Å²) in [6.07, 6.45) is 1.88. The Morgan fingerprint density at radius 3 is 2.40 bits per heavy atom. The fourth-order valence-electron chi connectivity index (χ4n) is 3.25. The number of para-hydroxylation sites is 1. The van der Waals surface area contributed by atoms with Gasteiger partial charge in [-0.25, -0.2) is 15.0 Å². The lowest BCUT2D eigenvalue weighted by Gasteiger charge is -2.22. The quantitative estimate of drug-likeness (QED) is 0.607. The van der Waals surface area contributed by atoms with Crippen LogP contribution in [0.2, 0.25) is 0 Å². The van der Waals surface area contributed by atoms with Crippen LogP contribution in [-0.2, 0) is 4.79 Å². The topological polar surface area (TPSA) is 48.4 Å². The number of rotatable bonds is 7. The van der Waals surface area contributed by atoms with Crippen molar-refractivity contribution in [3.8, 4) is 5.75 Å². The van der Waals surface area contributed by atoms with Crippen LogP contribution in [0.4, 0.5) is 11.4 Å². The van der Waals surface area contributed by atoms with Crippen molar-refractivity contribution in [1.82, 2.24) is 10.0 Å². The predicted octanol–water partition coefficient (Wildman–Crippen LogP) is 4.62. The van der Waals surface area contributed by atoms with Crippen molar-refractivity contribution >= 4 is 40.3 Å². The molecule has 0 spiro atoms. The average molecular weight is 425 g/mol. The molecule has 2 aromatic rings. The molecule has 3 rings (SSSR count). The minimum Gasteiger partial charge on any atom is -0.496 e. The molecular weight excluding hydrogens is 396 g/mol. The summed E-state index contributed by atoms with van der Waals surface area (Å²) in [5.74, 6) is 0.639. The third-order valence-corrected chi connectivity index (χ3v) is 5.76. The minimum atomic E-state index is -0.102. The second-order valence-corrected chi connectivity index (χ2v) is 7.91. The Labute approximate surface area is 182 Å². The molecule has 0 bridgehead atoms. The Morgan fingerprint density at radius 1 is 1.10 bits per heavy atom. The molecule has 0 radical (unpaired) electrons. The third kappa shape index (κ3) is 4.68. The normalized spacial score (nSPS) is 16.7. The molecule has 30 heavy (non-hydrogen) atoms. The molecule has 7 heteroatoms. The van der Waals surface area contributed by atoms with Gasteiger partial charge in [0.25, 0.3) is 5.91 Å². The number of nitrogens with zero attached hydrogens (tertiary/aromatic N) is 4. The van der Waals surface area contributed by atoms with Crippen molar-refractivity contribution in [3.63, 3.8) is 0 Å². The monoisotopic (exact) mass is 424 g/mol. The first kappa shape index (κ1) is 21.9. The Kier molecular flexibility index (Phi) is 7.18. The maximum Gasteiger partial charge on any atom is 0.281 e. The SMILES string of the molecule is CCN(CC)c1ccc(/C=C2\SC(=Nc3ccccc3)N(N(C)C)C2=O)c(OC)c1. The number of benzene rings is 2. The van der Waals surface area contributed by atoms with E-state index < -0.39 is 0 Å². The maximum atomic E-state index is 13.1. The van der Waals surface area contributed by atoms with Gasteiger partial charge in [0.05, 0.1) is 17.7 Å². The fourth-order valence-corrected chi connectivity index (χ4v) is 4.29. The Hall–Kier alpha value is -2.77. The van der Waals surface area contributed by atoms with E-state index >= 15 is 0 Å². The van der Waals surface area contributed by atoms with Crippen LogP contribution in [-0.4, -0.2) is 55.4 Å². The van der Waals surface area contributed by atoms with Crippen LogP contribution < -0.4 is 9.64 Å². The Balaban J connectivity index is 1.97. The summed E-state index contributed by atoms with van der Waals surface area (Å²) in [4.78, 5) is 20.6. The second-order valence-electron chi connectivity index (χ2n) is 6.90. The van der Waals surface area contributed by atoms with Gasteiger partial charge in [0.1, 0.15) is 5.75 Å². The molecule has 1 amide bonds. The number of thioether (sulfide) groups is 1. The number of hydrogen-bond donors (Lipinski definition) is 0. The van der Waals surface area contributed by atoms with E-state index in [9.17, 15) is 4.79 Å². The van der Waals surface area contributed by atoms with E-state index in [1.54, 1.807) is 17.1 Å². The van der Waals surface area contributed by atoms with Crippen LogP contribution in [0.1, 0.15) is 19.4 Å². The summed E-state index contributed by atoms with van der Waals surface area (Å²) < 4.78 is 5.62.